The summed E-state index contributed by atoms with van der Waals surface area (Å²) >= 11 is 1.29. The molecular formula is C29H31F2N5O4S. The maximum Gasteiger partial charge on any atom is 0.251 e. The van der Waals surface area contributed by atoms with E-state index in [0.29, 0.717) is 27.5 Å². The van der Waals surface area contributed by atoms with Gasteiger partial charge in [0.2, 0.25) is 11.8 Å². The molecule has 0 saturated carbocycles. The van der Waals surface area contributed by atoms with Crippen LogP contribution in [0.5, 0.6) is 11.5 Å². The first-order valence-corrected chi connectivity index (χ1v) is 13.8. The monoisotopic (exact) mass is 583 g/mol. The Labute approximate surface area is 240 Å². The van der Waals surface area contributed by atoms with Crippen LogP contribution in [0.15, 0.2) is 60.0 Å². The Morgan fingerprint density at radius 2 is 1.93 bits per heavy atom. The summed E-state index contributed by atoms with van der Waals surface area (Å²) in [4.78, 5) is 40.6. The number of nitrogens with two attached hydrogens (primary N) is 1. The fraction of sp³-hybridized carbons (Fsp3) is 0.310. The number of amidine groups is 1. The van der Waals surface area contributed by atoms with Crippen molar-refractivity contribution in [3.8, 4) is 11.5 Å². The van der Waals surface area contributed by atoms with Crippen molar-refractivity contribution >= 4 is 34.9 Å². The highest BCUT2D eigenvalue weighted by molar-refractivity contribution is 7.10. The summed E-state index contributed by atoms with van der Waals surface area (Å²) < 4.78 is 34.4. The second kappa shape index (κ2) is 12.5. The number of likely N-dealkylation sites (tertiary alicyclic amines) is 1. The average molecular weight is 584 g/mol. The van der Waals surface area contributed by atoms with Crippen LogP contribution in [0.2, 0.25) is 0 Å². The number of nitrogens with one attached hydrogen (secondary N) is 3. The molecule has 1 aliphatic rings. The van der Waals surface area contributed by atoms with Gasteiger partial charge in [-0.2, -0.15) is 0 Å². The quantitative estimate of drug-likeness (QED) is 0.211. The van der Waals surface area contributed by atoms with Crippen molar-refractivity contribution in [3.05, 3.63) is 81.5 Å². The zero-order valence-electron chi connectivity index (χ0n) is 22.6. The Hall–Kier alpha value is -4.32. The van der Waals surface area contributed by atoms with Crippen LogP contribution in [0.1, 0.15) is 45.7 Å². The molecule has 3 atom stereocenters. The number of carbonyl (C=O) groups excluding carboxylic acids is 3. The molecule has 4 rings (SSSR count). The number of halogens is 2. The van der Waals surface area contributed by atoms with Crippen LogP contribution < -0.4 is 21.1 Å². The highest BCUT2D eigenvalue weighted by Gasteiger charge is 2.49. The van der Waals surface area contributed by atoms with Crippen LogP contribution in [-0.4, -0.2) is 59.9 Å². The number of nitrogen functional groups attached to an aromatic ring is 1. The van der Waals surface area contributed by atoms with Crippen molar-refractivity contribution in [3.63, 3.8) is 0 Å². The lowest BCUT2D eigenvalue weighted by molar-refractivity contribution is -0.138. The third kappa shape index (κ3) is 7.07. The first-order valence-electron chi connectivity index (χ1n) is 12.9. The molecule has 12 heteroatoms. The maximum absolute atomic E-state index is 15.0. The molecule has 0 bridgehead atoms. The summed E-state index contributed by atoms with van der Waals surface area (Å²) in [5.41, 5.74) is 4.61. The van der Waals surface area contributed by atoms with E-state index in [9.17, 15) is 18.8 Å². The predicted molar refractivity (Wildman–Crippen MR) is 152 cm³/mol. The molecular weight excluding hydrogens is 552 g/mol. The smallest absolute Gasteiger partial charge is 0.251 e. The van der Waals surface area contributed by atoms with E-state index in [2.05, 4.69) is 10.6 Å². The van der Waals surface area contributed by atoms with Gasteiger partial charge >= 0.3 is 0 Å². The number of thiophene rings is 1. The summed E-state index contributed by atoms with van der Waals surface area (Å²) in [5, 5.41) is 14.5. The van der Waals surface area contributed by atoms with Crippen LogP contribution in [-0.2, 0) is 9.59 Å². The number of para-hydroxylation sites is 1. The van der Waals surface area contributed by atoms with E-state index in [1.807, 2.05) is 18.2 Å². The van der Waals surface area contributed by atoms with Gasteiger partial charge in [-0.15, -0.1) is 11.3 Å². The van der Waals surface area contributed by atoms with E-state index in [0.717, 1.165) is 4.90 Å². The average Bonchev–Trinajstić information content (AvgIpc) is 3.59. The number of carbonyl (C=O) groups is 3. The van der Waals surface area contributed by atoms with Gasteiger partial charge in [-0.25, -0.2) is 8.78 Å². The molecule has 0 spiro atoms. The lowest BCUT2D eigenvalue weighted by Gasteiger charge is -2.25. The molecule has 2 heterocycles. The Bertz CT molecular complexity index is 1450. The molecule has 0 aliphatic carbocycles. The Balaban J connectivity index is 1.39. The molecule has 3 amide bonds. The fourth-order valence-electron chi connectivity index (χ4n) is 4.51. The molecule has 2 aromatic carbocycles. The van der Waals surface area contributed by atoms with Crippen LogP contribution >= 0.6 is 11.3 Å². The molecule has 3 aromatic rings. The normalized spacial score (nSPS) is 18.9. The Morgan fingerprint density at radius 3 is 2.56 bits per heavy atom. The van der Waals surface area contributed by atoms with Crippen LogP contribution in [0.4, 0.5) is 8.78 Å². The summed E-state index contributed by atoms with van der Waals surface area (Å²) in [7, 11) is 0. The van der Waals surface area contributed by atoms with Gasteiger partial charge in [0.1, 0.15) is 30.1 Å². The summed E-state index contributed by atoms with van der Waals surface area (Å²) in [6.45, 7) is 1.01. The number of rotatable bonds is 10. The Morgan fingerprint density at radius 1 is 1.20 bits per heavy atom. The second-order valence-corrected chi connectivity index (χ2v) is 10.9. The van der Waals surface area contributed by atoms with Crippen molar-refractivity contribution in [1.29, 1.82) is 5.41 Å². The minimum absolute atomic E-state index is 0.114. The molecule has 9 nitrogen and oxygen atoms in total. The first kappa shape index (κ1) is 29.7. The standard InChI is InChI=1S/C29H31F2N5O4S/c1-17-10-19(8-9-23(17)40-21-6-4-3-5-7-21)27(38)34-13-25(37)36-16-29(31,15-30)12-22(36)28(39)35-18(2)24-11-20(14-41-24)26(32)33/h3-11,14,18,22H,12-13,15-16H2,1-2H3,(H3,32,33)(H,34,38)(H,35,39)/t18?,22-,29-/m0/s1. The van der Waals surface area contributed by atoms with Gasteiger partial charge in [0.25, 0.3) is 5.91 Å². The highest BCUT2D eigenvalue weighted by atomic mass is 32.1. The minimum Gasteiger partial charge on any atom is -0.457 e. The SMILES string of the molecule is Cc1cc(C(=O)NCC(=O)N2C[C@@](F)(CF)C[C@H]2C(=O)NC(C)c2cc(C(=N)N)cs2)ccc1Oc1ccccc1. The van der Waals surface area contributed by atoms with Crippen LogP contribution in [0.25, 0.3) is 0 Å². The van der Waals surface area contributed by atoms with E-state index in [-0.39, 0.29) is 11.4 Å². The number of aryl methyl sites for hydroxylation is 1. The summed E-state index contributed by atoms with van der Waals surface area (Å²) in [6, 6.07) is 13.9. The maximum atomic E-state index is 15.0. The zero-order chi connectivity index (χ0) is 29.7. The zero-order valence-corrected chi connectivity index (χ0v) is 23.4. The van der Waals surface area contributed by atoms with E-state index in [4.69, 9.17) is 15.9 Å². The molecule has 216 valence electrons. The molecule has 41 heavy (non-hydrogen) atoms. The van der Waals surface area contributed by atoms with Gasteiger partial charge in [0, 0.05) is 27.8 Å². The van der Waals surface area contributed by atoms with Crippen molar-refractivity contribution in [2.45, 2.75) is 38.0 Å². The molecule has 1 aromatic heterocycles. The molecule has 5 N–H and O–H groups in total. The third-order valence-corrected chi connectivity index (χ3v) is 7.89. The lowest BCUT2D eigenvalue weighted by atomic mass is 10.0. The molecule has 1 fully saturated rings. The van der Waals surface area contributed by atoms with Crippen molar-refractivity contribution in [2.24, 2.45) is 5.73 Å². The molecule has 1 aliphatic heterocycles. The molecule has 1 saturated heterocycles. The number of nitrogens with zero attached hydrogens (tertiary/aromatic N) is 1. The highest BCUT2D eigenvalue weighted by Crippen LogP contribution is 2.32. The Kier molecular flexibility index (Phi) is 9.01. The van der Waals surface area contributed by atoms with E-state index >= 15 is 4.39 Å². The first-order chi connectivity index (χ1) is 19.5. The van der Waals surface area contributed by atoms with Crippen molar-refractivity contribution in [1.82, 2.24) is 15.5 Å². The fourth-order valence-corrected chi connectivity index (χ4v) is 5.43. The number of hydrogen-bond donors (Lipinski definition) is 4. The molecule has 1 unspecified atom stereocenters. The van der Waals surface area contributed by atoms with E-state index in [1.165, 1.54) is 11.3 Å². The van der Waals surface area contributed by atoms with E-state index < -0.39 is 61.7 Å². The number of benzene rings is 2. The van der Waals surface area contributed by atoms with Gasteiger partial charge in [-0.1, -0.05) is 18.2 Å². The third-order valence-electron chi connectivity index (χ3n) is 6.78. The number of alkyl halides is 2. The van der Waals surface area contributed by atoms with Crippen molar-refractivity contribution in [2.75, 3.05) is 19.8 Å². The van der Waals surface area contributed by atoms with Gasteiger partial charge in [-0.05, 0) is 55.8 Å². The van der Waals surface area contributed by atoms with Crippen LogP contribution in [0.3, 0.4) is 0 Å². The lowest BCUT2D eigenvalue weighted by Crippen LogP contribution is -2.49. The summed E-state index contributed by atoms with van der Waals surface area (Å²) in [6.07, 6.45) is -0.507. The van der Waals surface area contributed by atoms with Gasteiger partial charge in [0.05, 0.1) is 19.1 Å². The minimum atomic E-state index is -2.37. The topological polar surface area (TPSA) is 138 Å². The second-order valence-electron chi connectivity index (χ2n) is 9.99. The predicted octanol–water partition coefficient (Wildman–Crippen LogP) is 4.02. The van der Waals surface area contributed by atoms with Crippen LogP contribution in [0, 0.1) is 12.3 Å². The summed E-state index contributed by atoms with van der Waals surface area (Å²) in [5.74, 6) is -0.808. The van der Waals surface area contributed by atoms with Gasteiger partial charge < -0.3 is 26.0 Å². The van der Waals surface area contributed by atoms with Crippen molar-refractivity contribution < 1.29 is 27.9 Å². The molecule has 0 radical (unpaired) electrons. The number of amides is 3. The number of hydrogen-bond acceptors (Lipinski definition) is 6. The number of ether oxygens (including phenoxy) is 1. The van der Waals surface area contributed by atoms with Gasteiger partial charge in [-0.3, -0.25) is 19.8 Å². The van der Waals surface area contributed by atoms with E-state index in [1.54, 1.807) is 55.6 Å². The largest absolute Gasteiger partial charge is 0.457 e. The van der Waals surface area contributed by atoms with Gasteiger partial charge in [0.15, 0.2) is 5.67 Å².